The molecule has 1 aliphatic rings. The summed E-state index contributed by atoms with van der Waals surface area (Å²) in [5.74, 6) is -1.24. The number of hydrogen-bond donors (Lipinski definition) is 1. The molecule has 1 heterocycles. The second-order valence-electron chi connectivity index (χ2n) is 5.48. The van der Waals surface area contributed by atoms with Gasteiger partial charge in [0, 0.05) is 11.1 Å². The molecule has 0 saturated carbocycles. The number of carboxylic acid groups (broad SMARTS) is 1. The van der Waals surface area contributed by atoms with E-state index in [1.807, 2.05) is 18.2 Å². The molecule has 3 rings (SSSR count). The molecule has 1 unspecified atom stereocenters. The lowest BCUT2D eigenvalue weighted by atomic mass is 9.87. The third-order valence-electron chi connectivity index (χ3n) is 3.99. The van der Waals surface area contributed by atoms with Gasteiger partial charge in [-0.1, -0.05) is 29.8 Å². The lowest BCUT2D eigenvalue weighted by molar-refractivity contribution is -0.142. The Hall–Kier alpha value is -2.14. The van der Waals surface area contributed by atoms with Crippen LogP contribution in [-0.2, 0) is 24.2 Å². The fourth-order valence-corrected chi connectivity index (χ4v) is 2.94. The van der Waals surface area contributed by atoms with Crippen LogP contribution in [0.1, 0.15) is 23.2 Å². The Morgan fingerprint density at radius 2 is 2.18 bits per heavy atom. The summed E-state index contributed by atoms with van der Waals surface area (Å²) in [6, 6.07) is 8.84. The molecule has 0 amide bonds. The number of aliphatic carboxylic acids is 1. The molecule has 5 nitrogen and oxygen atoms in total. The van der Waals surface area contributed by atoms with E-state index in [2.05, 4.69) is 5.10 Å². The van der Waals surface area contributed by atoms with E-state index in [-0.39, 0.29) is 5.56 Å². The van der Waals surface area contributed by atoms with Crippen molar-refractivity contribution >= 4 is 17.6 Å². The van der Waals surface area contributed by atoms with Crippen molar-refractivity contribution in [1.82, 2.24) is 9.78 Å². The van der Waals surface area contributed by atoms with Gasteiger partial charge < -0.3 is 5.11 Å². The van der Waals surface area contributed by atoms with Gasteiger partial charge in [-0.2, -0.15) is 5.10 Å². The number of rotatable bonds is 3. The Morgan fingerprint density at radius 1 is 1.41 bits per heavy atom. The van der Waals surface area contributed by atoms with E-state index in [0.29, 0.717) is 30.8 Å². The molecule has 6 heteroatoms. The van der Waals surface area contributed by atoms with E-state index < -0.39 is 11.9 Å². The summed E-state index contributed by atoms with van der Waals surface area (Å²) < 4.78 is 1.39. The maximum atomic E-state index is 12.2. The standard InChI is InChI=1S/C16H15ClN2O3/c17-13-4-2-1-3-11(13)9-19-15(20)8-12-7-10(16(21)22)5-6-14(12)18-19/h1-4,8,10H,5-7,9H2,(H,21,22). The Balaban J connectivity index is 1.91. The number of nitrogens with zero attached hydrogens (tertiary/aromatic N) is 2. The molecular weight excluding hydrogens is 304 g/mol. The topological polar surface area (TPSA) is 72.2 Å². The van der Waals surface area contributed by atoms with Crippen molar-refractivity contribution in [1.29, 1.82) is 0 Å². The minimum atomic E-state index is -0.814. The van der Waals surface area contributed by atoms with Gasteiger partial charge in [0.2, 0.25) is 0 Å². The van der Waals surface area contributed by atoms with E-state index in [1.54, 1.807) is 6.07 Å². The molecular formula is C16H15ClN2O3. The Kier molecular flexibility index (Phi) is 3.98. The van der Waals surface area contributed by atoms with Crippen LogP contribution < -0.4 is 5.56 Å². The molecule has 1 aromatic heterocycles. The Morgan fingerprint density at radius 3 is 2.91 bits per heavy atom. The van der Waals surface area contributed by atoms with Crippen LogP contribution in [0.3, 0.4) is 0 Å². The van der Waals surface area contributed by atoms with Crippen molar-refractivity contribution in [2.24, 2.45) is 5.92 Å². The normalized spacial score (nSPS) is 17.0. The first kappa shape index (κ1) is 14.8. The number of fused-ring (bicyclic) bond motifs is 1. The average Bonchev–Trinajstić information content (AvgIpc) is 2.49. The number of carbonyl (C=O) groups is 1. The van der Waals surface area contributed by atoms with Crippen LogP contribution in [0.2, 0.25) is 5.02 Å². The zero-order valence-corrected chi connectivity index (χ0v) is 12.6. The first-order valence-electron chi connectivity index (χ1n) is 7.10. The SMILES string of the molecule is O=C(O)C1CCc2nn(Cc3ccccc3Cl)c(=O)cc2C1. The van der Waals surface area contributed by atoms with Gasteiger partial charge in [-0.25, -0.2) is 4.68 Å². The quantitative estimate of drug-likeness (QED) is 0.941. The molecule has 22 heavy (non-hydrogen) atoms. The van der Waals surface area contributed by atoms with Crippen LogP contribution in [0.15, 0.2) is 35.1 Å². The zero-order chi connectivity index (χ0) is 15.7. The highest BCUT2D eigenvalue weighted by atomic mass is 35.5. The fourth-order valence-electron chi connectivity index (χ4n) is 2.74. The molecule has 2 aromatic rings. The van der Waals surface area contributed by atoms with Gasteiger partial charge in [0.25, 0.3) is 5.56 Å². The third-order valence-corrected chi connectivity index (χ3v) is 4.36. The number of halogens is 1. The number of hydrogen-bond acceptors (Lipinski definition) is 3. The molecule has 0 aliphatic heterocycles. The van der Waals surface area contributed by atoms with Gasteiger partial charge in [-0.05, 0) is 36.5 Å². The highest BCUT2D eigenvalue weighted by Crippen LogP contribution is 2.23. The molecule has 1 aromatic carbocycles. The summed E-state index contributed by atoms with van der Waals surface area (Å²) in [7, 11) is 0. The number of aromatic nitrogens is 2. The van der Waals surface area contributed by atoms with Crippen molar-refractivity contribution in [2.75, 3.05) is 0 Å². The second-order valence-corrected chi connectivity index (χ2v) is 5.89. The average molecular weight is 319 g/mol. The predicted molar refractivity (Wildman–Crippen MR) is 82.2 cm³/mol. The number of aryl methyl sites for hydroxylation is 1. The van der Waals surface area contributed by atoms with E-state index >= 15 is 0 Å². The first-order valence-corrected chi connectivity index (χ1v) is 7.48. The third kappa shape index (κ3) is 2.90. The zero-order valence-electron chi connectivity index (χ0n) is 11.8. The largest absolute Gasteiger partial charge is 0.481 e. The van der Waals surface area contributed by atoms with Crippen LogP contribution >= 0.6 is 11.6 Å². The lowest BCUT2D eigenvalue weighted by Gasteiger charge is -2.21. The molecule has 114 valence electrons. The van der Waals surface area contributed by atoms with Crippen LogP contribution in [-0.4, -0.2) is 20.9 Å². The predicted octanol–water partition coefficient (Wildman–Crippen LogP) is 2.13. The summed E-state index contributed by atoms with van der Waals surface area (Å²) in [5.41, 5.74) is 2.16. The maximum absolute atomic E-state index is 12.2. The summed E-state index contributed by atoms with van der Waals surface area (Å²) >= 11 is 6.12. The van der Waals surface area contributed by atoms with Crippen molar-refractivity contribution in [2.45, 2.75) is 25.8 Å². The van der Waals surface area contributed by atoms with Gasteiger partial charge in [0.05, 0.1) is 18.2 Å². The molecule has 0 radical (unpaired) electrons. The summed E-state index contributed by atoms with van der Waals surface area (Å²) in [6.07, 6.45) is 1.51. The van der Waals surface area contributed by atoms with Crippen LogP contribution in [0.4, 0.5) is 0 Å². The summed E-state index contributed by atoms with van der Waals surface area (Å²) in [6.45, 7) is 0.314. The fraction of sp³-hybridized carbons (Fsp3) is 0.312. The Labute approximate surface area is 132 Å². The molecule has 1 aliphatic carbocycles. The van der Waals surface area contributed by atoms with E-state index in [1.165, 1.54) is 10.7 Å². The van der Waals surface area contributed by atoms with Crippen molar-refractivity contribution in [3.05, 3.63) is 62.5 Å². The van der Waals surface area contributed by atoms with E-state index in [0.717, 1.165) is 16.8 Å². The maximum Gasteiger partial charge on any atom is 0.306 e. The second kappa shape index (κ2) is 5.93. The van der Waals surface area contributed by atoms with Crippen molar-refractivity contribution < 1.29 is 9.90 Å². The van der Waals surface area contributed by atoms with Crippen molar-refractivity contribution in [3.63, 3.8) is 0 Å². The van der Waals surface area contributed by atoms with Crippen LogP contribution in [0, 0.1) is 5.92 Å². The van der Waals surface area contributed by atoms with Gasteiger partial charge in [0.15, 0.2) is 0 Å². The minimum Gasteiger partial charge on any atom is -0.481 e. The van der Waals surface area contributed by atoms with Crippen molar-refractivity contribution in [3.8, 4) is 0 Å². The minimum absolute atomic E-state index is 0.232. The highest BCUT2D eigenvalue weighted by Gasteiger charge is 2.26. The monoisotopic (exact) mass is 318 g/mol. The number of benzene rings is 1. The summed E-state index contributed by atoms with van der Waals surface area (Å²) in [5, 5.41) is 14.1. The molecule has 0 bridgehead atoms. The van der Waals surface area contributed by atoms with E-state index in [4.69, 9.17) is 16.7 Å². The molecule has 1 N–H and O–H groups in total. The van der Waals surface area contributed by atoms with Gasteiger partial charge in [0.1, 0.15) is 0 Å². The first-order chi connectivity index (χ1) is 10.5. The molecule has 0 fully saturated rings. The van der Waals surface area contributed by atoms with Gasteiger partial charge in [-0.15, -0.1) is 0 Å². The van der Waals surface area contributed by atoms with Crippen LogP contribution in [0.5, 0.6) is 0 Å². The van der Waals surface area contributed by atoms with Gasteiger partial charge in [-0.3, -0.25) is 9.59 Å². The van der Waals surface area contributed by atoms with Crippen LogP contribution in [0.25, 0.3) is 0 Å². The van der Waals surface area contributed by atoms with Gasteiger partial charge >= 0.3 is 5.97 Å². The molecule has 0 saturated heterocycles. The van der Waals surface area contributed by atoms with E-state index in [9.17, 15) is 9.59 Å². The smallest absolute Gasteiger partial charge is 0.306 e. The number of carboxylic acids is 1. The lowest BCUT2D eigenvalue weighted by Crippen LogP contribution is -2.30. The molecule has 0 spiro atoms. The Bertz CT molecular complexity index is 785. The highest BCUT2D eigenvalue weighted by molar-refractivity contribution is 6.31. The summed E-state index contributed by atoms with van der Waals surface area (Å²) in [4.78, 5) is 23.3. The molecule has 1 atom stereocenters.